The van der Waals surface area contributed by atoms with Crippen molar-refractivity contribution in [2.75, 3.05) is 13.7 Å². The van der Waals surface area contributed by atoms with Gasteiger partial charge < -0.3 is 15.2 Å². The number of unbranched alkanes of at least 4 members (excludes halogenated alkanes) is 2. The molecule has 0 radical (unpaired) electrons. The summed E-state index contributed by atoms with van der Waals surface area (Å²) in [7, 11) is 1.65. The summed E-state index contributed by atoms with van der Waals surface area (Å²) in [5, 5.41) is 0. The first-order valence-electron chi connectivity index (χ1n) is 6.25. The molecule has 1 aromatic rings. The lowest BCUT2D eigenvalue weighted by atomic mass is 10.1. The molecule has 2 N–H and O–H groups in total. The fraction of sp³-hybridized carbons (Fsp3) is 0.571. The Morgan fingerprint density at radius 3 is 2.65 bits per heavy atom. The zero-order valence-corrected chi connectivity index (χ0v) is 11.0. The molecule has 0 bridgehead atoms. The van der Waals surface area contributed by atoms with Crippen LogP contribution in [0, 0.1) is 0 Å². The highest BCUT2D eigenvalue weighted by Crippen LogP contribution is 2.28. The average molecular weight is 237 g/mol. The van der Waals surface area contributed by atoms with Gasteiger partial charge in [-0.25, -0.2) is 0 Å². The molecule has 0 unspecified atom stereocenters. The molecule has 3 nitrogen and oxygen atoms in total. The van der Waals surface area contributed by atoms with Crippen LogP contribution in [0.1, 0.15) is 44.7 Å². The molecule has 0 aliphatic heterocycles. The van der Waals surface area contributed by atoms with Crippen LogP contribution in [-0.4, -0.2) is 13.7 Å². The van der Waals surface area contributed by atoms with Crippen molar-refractivity contribution in [3.63, 3.8) is 0 Å². The van der Waals surface area contributed by atoms with E-state index in [0.29, 0.717) is 0 Å². The van der Waals surface area contributed by atoms with Crippen LogP contribution in [0.2, 0.25) is 0 Å². The van der Waals surface area contributed by atoms with Crippen molar-refractivity contribution in [1.82, 2.24) is 0 Å². The molecule has 1 rings (SSSR count). The minimum atomic E-state index is -0.0259. The number of methoxy groups -OCH3 is 1. The molecule has 0 aliphatic carbocycles. The standard InChI is InChI=1S/C14H23NO2/c1-4-5-6-9-17-14-10-12(16-3)7-8-13(14)11(2)15/h7-8,10-11H,4-6,9,15H2,1-3H3/t11-/m1/s1. The minimum Gasteiger partial charge on any atom is -0.497 e. The molecule has 1 aromatic carbocycles. The fourth-order valence-electron chi connectivity index (χ4n) is 1.68. The predicted octanol–water partition coefficient (Wildman–Crippen LogP) is 3.28. The largest absolute Gasteiger partial charge is 0.497 e. The summed E-state index contributed by atoms with van der Waals surface area (Å²) < 4.78 is 11.0. The molecular weight excluding hydrogens is 214 g/mol. The molecule has 96 valence electrons. The molecule has 0 fully saturated rings. The van der Waals surface area contributed by atoms with Crippen LogP contribution in [0.3, 0.4) is 0 Å². The number of benzene rings is 1. The van der Waals surface area contributed by atoms with Gasteiger partial charge >= 0.3 is 0 Å². The lowest BCUT2D eigenvalue weighted by Crippen LogP contribution is -2.09. The smallest absolute Gasteiger partial charge is 0.127 e. The summed E-state index contributed by atoms with van der Waals surface area (Å²) in [4.78, 5) is 0. The molecule has 3 heteroatoms. The Morgan fingerprint density at radius 2 is 2.06 bits per heavy atom. The Kier molecular flexibility index (Phi) is 5.84. The summed E-state index contributed by atoms with van der Waals surface area (Å²) in [5.74, 6) is 1.65. The van der Waals surface area contributed by atoms with E-state index in [-0.39, 0.29) is 6.04 Å². The third-order valence-corrected chi connectivity index (χ3v) is 2.72. The molecule has 0 amide bonds. The topological polar surface area (TPSA) is 44.5 Å². The highest BCUT2D eigenvalue weighted by atomic mass is 16.5. The van der Waals surface area contributed by atoms with E-state index < -0.39 is 0 Å². The Morgan fingerprint density at radius 1 is 1.29 bits per heavy atom. The summed E-state index contributed by atoms with van der Waals surface area (Å²) in [5.41, 5.74) is 6.95. The first-order chi connectivity index (χ1) is 8.19. The van der Waals surface area contributed by atoms with Gasteiger partial charge in [-0.3, -0.25) is 0 Å². The van der Waals surface area contributed by atoms with Gasteiger partial charge in [-0.15, -0.1) is 0 Å². The van der Waals surface area contributed by atoms with Crippen molar-refractivity contribution in [2.45, 2.75) is 39.2 Å². The van der Waals surface area contributed by atoms with E-state index in [1.165, 1.54) is 12.8 Å². The van der Waals surface area contributed by atoms with Crippen molar-refractivity contribution in [3.05, 3.63) is 23.8 Å². The van der Waals surface area contributed by atoms with Crippen LogP contribution >= 0.6 is 0 Å². The van der Waals surface area contributed by atoms with Gasteiger partial charge in [-0.1, -0.05) is 25.8 Å². The van der Waals surface area contributed by atoms with Crippen LogP contribution in [0.15, 0.2) is 18.2 Å². The van der Waals surface area contributed by atoms with Gasteiger partial charge in [0.25, 0.3) is 0 Å². The van der Waals surface area contributed by atoms with Gasteiger partial charge in [0.1, 0.15) is 11.5 Å². The van der Waals surface area contributed by atoms with Crippen molar-refractivity contribution in [2.24, 2.45) is 5.73 Å². The fourth-order valence-corrected chi connectivity index (χ4v) is 1.68. The van der Waals surface area contributed by atoms with Gasteiger partial charge in [0, 0.05) is 17.7 Å². The SMILES string of the molecule is CCCCCOc1cc(OC)ccc1[C@@H](C)N. The number of nitrogens with two attached hydrogens (primary N) is 1. The molecule has 0 saturated carbocycles. The van der Waals surface area contributed by atoms with E-state index in [1.807, 2.05) is 25.1 Å². The molecule has 0 aromatic heterocycles. The second-order valence-corrected chi connectivity index (χ2v) is 4.25. The minimum absolute atomic E-state index is 0.0259. The molecular formula is C14H23NO2. The summed E-state index contributed by atoms with van der Waals surface area (Å²) in [6.07, 6.45) is 3.46. The second kappa shape index (κ2) is 7.17. The van der Waals surface area contributed by atoms with Gasteiger partial charge in [0.15, 0.2) is 0 Å². The lowest BCUT2D eigenvalue weighted by Gasteiger charge is -2.15. The van der Waals surface area contributed by atoms with E-state index >= 15 is 0 Å². The average Bonchev–Trinajstić information content (AvgIpc) is 2.34. The Bertz CT molecular complexity index is 337. The molecule has 1 atom stereocenters. The van der Waals surface area contributed by atoms with E-state index in [9.17, 15) is 0 Å². The molecule has 0 aliphatic rings. The van der Waals surface area contributed by atoms with E-state index in [0.717, 1.165) is 30.1 Å². The number of hydrogen-bond donors (Lipinski definition) is 1. The van der Waals surface area contributed by atoms with Gasteiger partial charge in [0.05, 0.1) is 13.7 Å². The first-order valence-corrected chi connectivity index (χ1v) is 6.25. The van der Waals surface area contributed by atoms with E-state index in [2.05, 4.69) is 6.92 Å². The summed E-state index contributed by atoms with van der Waals surface area (Å²) in [6, 6.07) is 5.77. The number of ether oxygens (including phenoxy) is 2. The summed E-state index contributed by atoms with van der Waals surface area (Å²) >= 11 is 0. The monoisotopic (exact) mass is 237 g/mol. The van der Waals surface area contributed by atoms with Crippen LogP contribution in [-0.2, 0) is 0 Å². The quantitative estimate of drug-likeness (QED) is 0.740. The second-order valence-electron chi connectivity index (χ2n) is 4.25. The van der Waals surface area contributed by atoms with Gasteiger partial charge in [0.2, 0.25) is 0 Å². The van der Waals surface area contributed by atoms with E-state index in [4.69, 9.17) is 15.2 Å². The zero-order chi connectivity index (χ0) is 12.7. The molecule has 0 saturated heterocycles. The van der Waals surface area contributed by atoms with Crippen molar-refractivity contribution >= 4 is 0 Å². The predicted molar refractivity (Wildman–Crippen MR) is 70.6 cm³/mol. The van der Waals surface area contributed by atoms with Gasteiger partial charge in [-0.05, 0) is 19.4 Å². The Hall–Kier alpha value is -1.22. The Labute approximate surface area is 104 Å². The molecule has 0 spiro atoms. The number of hydrogen-bond acceptors (Lipinski definition) is 3. The third kappa shape index (κ3) is 4.27. The van der Waals surface area contributed by atoms with Crippen molar-refractivity contribution in [1.29, 1.82) is 0 Å². The van der Waals surface area contributed by atoms with Crippen LogP contribution < -0.4 is 15.2 Å². The van der Waals surface area contributed by atoms with Crippen molar-refractivity contribution < 1.29 is 9.47 Å². The van der Waals surface area contributed by atoms with Crippen molar-refractivity contribution in [3.8, 4) is 11.5 Å². The highest BCUT2D eigenvalue weighted by Gasteiger charge is 2.09. The third-order valence-electron chi connectivity index (χ3n) is 2.72. The highest BCUT2D eigenvalue weighted by molar-refractivity contribution is 5.42. The maximum Gasteiger partial charge on any atom is 0.127 e. The lowest BCUT2D eigenvalue weighted by molar-refractivity contribution is 0.299. The normalized spacial score (nSPS) is 12.2. The van der Waals surface area contributed by atoms with Crippen LogP contribution in [0.4, 0.5) is 0 Å². The maximum atomic E-state index is 5.92. The number of rotatable bonds is 7. The van der Waals surface area contributed by atoms with Gasteiger partial charge in [-0.2, -0.15) is 0 Å². The first kappa shape index (κ1) is 13.8. The Balaban J connectivity index is 2.71. The molecule has 0 heterocycles. The van der Waals surface area contributed by atoms with E-state index in [1.54, 1.807) is 7.11 Å². The van der Waals surface area contributed by atoms with Crippen LogP contribution in [0.5, 0.6) is 11.5 Å². The van der Waals surface area contributed by atoms with Crippen LogP contribution in [0.25, 0.3) is 0 Å². The molecule has 17 heavy (non-hydrogen) atoms. The maximum absolute atomic E-state index is 5.92. The summed E-state index contributed by atoms with van der Waals surface area (Å²) in [6.45, 7) is 4.88. The zero-order valence-electron chi connectivity index (χ0n) is 11.0.